The van der Waals surface area contributed by atoms with E-state index in [-0.39, 0.29) is 0 Å². The van der Waals surface area contributed by atoms with Crippen molar-refractivity contribution < 1.29 is 0 Å². The molecule has 2 aromatic carbocycles. The van der Waals surface area contributed by atoms with Gasteiger partial charge in [0.1, 0.15) is 0 Å². The number of anilines is 1. The van der Waals surface area contributed by atoms with E-state index in [1.165, 1.54) is 11.3 Å². The fraction of sp³-hybridized carbons (Fsp3) is 0.278. The van der Waals surface area contributed by atoms with Gasteiger partial charge in [0.15, 0.2) is 0 Å². The fourth-order valence-corrected chi connectivity index (χ4v) is 1.96. The van der Waals surface area contributed by atoms with Gasteiger partial charge in [-0.05, 0) is 48.7 Å². The van der Waals surface area contributed by atoms with Crippen molar-refractivity contribution in [3.05, 3.63) is 59.7 Å². The summed E-state index contributed by atoms with van der Waals surface area (Å²) in [5.41, 5.74) is 4.70. The minimum atomic E-state index is 0.997. The van der Waals surface area contributed by atoms with Crippen LogP contribution in [-0.4, -0.2) is 19.8 Å². The Labute approximate surface area is 121 Å². The minimum absolute atomic E-state index is 0.997. The highest BCUT2D eigenvalue weighted by molar-refractivity contribution is 5.82. The molecule has 0 bridgehead atoms. The molecule has 0 aliphatic heterocycles. The maximum atomic E-state index is 4.51. The zero-order valence-corrected chi connectivity index (χ0v) is 12.5. The van der Waals surface area contributed by atoms with Gasteiger partial charge in [-0.1, -0.05) is 31.2 Å². The number of benzene rings is 2. The summed E-state index contributed by atoms with van der Waals surface area (Å²) in [5, 5.41) is 0. The van der Waals surface area contributed by atoms with Gasteiger partial charge in [0.25, 0.3) is 0 Å². The van der Waals surface area contributed by atoms with Gasteiger partial charge in [-0.25, -0.2) is 0 Å². The Bertz CT molecular complexity index is 553. The minimum Gasteiger partial charge on any atom is -0.375 e. The number of aryl methyl sites for hydroxylation is 1. The molecule has 0 aromatic heterocycles. The molecule has 104 valence electrons. The third kappa shape index (κ3) is 3.70. The topological polar surface area (TPSA) is 15.6 Å². The van der Waals surface area contributed by atoms with Gasteiger partial charge < -0.3 is 4.90 Å². The quantitative estimate of drug-likeness (QED) is 0.730. The Morgan fingerprint density at radius 3 is 2.15 bits per heavy atom. The summed E-state index contributed by atoms with van der Waals surface area (Å²) in [7, 11) is 2.10. The maximum absolute atomic E-state index is 4.51. The Kier molecular flexibility index (Phi) is 4.94. The average molecular weight is 266 g/mol. The van der Waals surface area contributed by atoms with Crippen molar-refractivity contribution in [3.63, 3.8) is 0 Å². The van der Waals surface area contributed by atoms with Gasteiger partial charge in [-0.2, -0.15) is 0 Å². The van der Waals surface area contributed by atoms with Gasteiger partial charge >= 0.3 is 0 Å². The fourth-order valence-electron chi connectivity index (χ4n) is 1.96. The van der Waals surface area contributed by atoms with Crippen LogP contribution < -0.4 is 4.90 Å². The lowest BCUT2D eigenvalue weighted by molar-refractivity contribution is 0.968. The first-order valence-corrected chi connectivity index (χ1v) is 7.17. The summed E-state index contributed by atoms with van der Waals surface area (Å²) in [6.45, 7) is 5.32. The van der Waals surface area contributed by atoms with E-state index < -0.39 is 0 Å². The summed E-state index contributed by atoms with van der Waals surface area (Å²) >= 11 is 0. The zero-order valence-electron chi connectivity index (χ0n) is 12.5. The van der Waals surface area contributed by atoms with Crippen LogP contribution in [0.15, 0.2) is 53.5 Å². The van der Waals surface area contributed by atoms with Crippen molar-refractivity contribution in [2.24, 2.45) is 4.99 Å². The first-order chi connectivity index (χ1) is 9.72. The van der Waals surface area contributed by atoms with Gasteiger partial charge in [0.2, 0.25) is 0 Å². The van der Waals surface area contributed by atoms with Crippen molar-refractivity contribution in [1.29, 1.82) is 0 Å². The second-order valence-corrected chi connectivity index (χ2v) is 4.88. The van der Waals surface area contributed by atoms with Crippen LogP contribution in [0.4, 0.5) is 11.4 Å². The average Bonchev–Trinajstić information content (AvgIpc) is 2.53. The number of aliphatic imine (C=N–C) groups is 1. The van der Waals surface area contributed by atoms with E-state index in [4.69, 9.17) is 0 Å². The molecule has 0 aliphatic rings. The normalized spacial score (nSPS) is 10.9. The number of hydrogen-bond acceptors (Lipinski definition) is 2. The summed E-state index contributed by atoms with van der Waals surface area (Å²) in [5.74, 6) is 0. The molecule has 2 rings (SSSR count). The summed E-state index contributed by atoms with van der Waals surface area (Å²) in [4.78, 5) is 6.72. The van der Waals surface area contributed by atoms with Crippen molar-refractivity contribution in [2.75, 3.05) is 18.5 Å². The van der Waals surface area contributed by atoms with E-state index in [9.17, 15) is 0 Å². The van der Waals surface area contributed by atoms with Crippen molar-refractivity contribution >= 4 is 17.6 Å². The van der Waals surface area contributed by atoms with E-state index in [0.717, 1.165) is 24.2 Å². The second kappa shape index (κ2) is 6.90. The first kappa shape index (κ1) is 14.3. The van der Waals surface area contributed by atoms with Crippen LogP contribution in [0.2, 0.25) is 0 Å². The van der Waals surface area contributed by atoms with Crippen molar-refractivity contribution in [1.82, 2.24) is 0 Å². The molecular weight excluding hydrogens is 244 g/mol. The molecule has 0 spiro atoms. The van der Waals surface area contributed by atoms with Gasteiger partial charge in [-0.3, -0.25) is 4.99 Å². The van der Waals surface area contributed by atoms with Crippen LogP contribution >= 0.6 is 0 Å². The highest BCUT2D eigenvalue weighted by Crippen LogP contribution is 2.15. The molecule has 0 atom stereocenters. The first-order valence-electron chi connectivity index (χ1n) is 7.17. The molecule has 0 unspecified atom stereocenters. The maximum Gasteiger partial charge on any atom is 0.0630 e. The predicted octanol–water partition coefficient (Wildman–Crippen LogP) is 4.46. The van der Waals surface area contributed by atoms with Crippen LogP contribution in [0.1, 0.15) is 25.0 Å². The van der Waals surface area contributed by atoms with Crippen LogP contribution in [0.5, 0.6) is 0 Å². The monoisotopic (exact) mass is 266 g/mol. The highest BCUT2D eigenvalue weighted by atomic mass is 15.1. The van der Waals surface area contributed by atoms with E-state index in [1.54, 1.807) is 0 Å². The molecule has 20 heavy (non-hydrogen) atoms. The number of nitrogens with zero attached hydrogens (tertiary/aromatic N) is 2. The second-order valence-electron chi connectivity index (χ2n) is 4.88. The largest absolute Gasteiger partial charge is 0.375 e. The summed E-state index contributed by atoms with van der Waals surface area (Å²) < 4.78 is 0. The third-order valence-corrected chi connectivity index (χ3v) is 3.52. The van der Waals surface area contributed by atoms with Gasteiger partial charge in [0, 0.05) is 25.5 Å². The van der Waals surface area contributed by atoms with Crippen molar-refractivity contribution in [3.8, 4) is 0 Å². The molecule has 2 aromatic rings. The van der Waals surface area contributed by atoms with Crippen LogP contribution in [-0.2, 0) is 6.42 Å². The summed E-state index contributed by atoms with van der Waals surface area (Å²) in [6.07, 6.45) is 2.98. The molecule has 0 fully saturated rings. The van der Waals surface area contributed by atoms with Gasteiger partial charge in [-0.15, -0.1) is 0 Å². The lowest BCUT2D eigenvalue weighted by Crippen LogP contribution is -2.15. The zero-order chi connectivity index (χ0) is 14.4. The SMILES string of the molecule is CCc1ccc(N=Cc2ccc(N(C)CC)cc2)cc1. The van der Waals surface area contributed by atoms with Crippen LogP contribution in [0.25, 0.3) is 0 Å². The number of hydrogen-bond donors (Lipinski definition) is 0. The molecule has 2 heteroatoms. The molecule has 0 amide bonds. The lowest BCUT2D eigenvalue weighted by atomic mass is 10.1. The Morgan fingerprint density at radius 2 is 1.60 bits per heavy atom. The summed E-state index contributed by atoms with van der Waals surface area (Å²) in [6, 6.07) is 16.9. The third-order valence-electron chi connectivity index (χ3n) is 3.52. The lowest BCUT2D eigenvalue weighted by Gasteiger charge is -2.16. The molecule has 0 N–H and O–H groups in total. The van der Waals surface area contributed by atoms with E-state index >= 15 is 0 Å². The Balaban J connectivity index is 2.06. The Morgan fingerprint density at radius 1 is 0.950 bits per heavy atom. The predicted molar refractivity (Wildman–Crippen MR) is 88.5 cm³/mol. The standard InChI is InChI=1S/C18H22N2/c1-4-15-6-10-17(11-7-15)19-14-16-8-12-18(13-9-16)20(3)5-2/h6-14H,4-5H2,1-3H3. The Hall–Kier alpha value is -2.09. The van der Waals surface area contributed by atoms with E-state index in [2.05, 4.69) is 79.3 Å². The number of rotatable bonds is 5. The van der Waals surface area contributed by atoms with Gasteiger partial charge in [0.05, 0.1) is 5.69 Å². The molecule has 0 saturated carbocycles. The van der Waals surface area contributed by atoms with E-state index in [0.29, 0.717) is 0 Å². The molecular formula is C18H22N2. The molecule has 0 saturated heterocycles. The van der Waals surface area contributed by atoms with E-state index in [1.807, 2.05) is 6.21 Å². The van der Waals surface area contributed by atoms with Crippen LogP contribution in [0, 0.1) is 0 Å². The molecule has 2 nitrogen and oxygen atoms in total. The smallest absolute Gasteiger partial charge is 0.0630 e. The van der Waals surface area contributed by atoms with Crippen LogP contribution in [0.3, 0.4) is 0 Å². The highest BCUT2D eigenvalue weighted by Gasteiger charge is 1.97. The molecule has 0 aliphatic carbocycles. The van der Waals surface area contributed by atoms with Crippen molar-refractivity contribution in [2.45, 2.75) is 20.3 Å². The molecule has 0 heterocycles. The molecule has 0 radical (unpaired) electrons.